The lowest BCUT2D eigenvalue weighted by Crippen LogP contribution is -2.40. The van der Waals surface area contributed by atoms with Crippen LogP contribution in [-0.4, -0.2) is 56.5 Å². The Morgan fingerprint density at radius 2 is 2.03 bits per heavy atom. The summed E-state index contributed by atoms with van der Waals surface area (Å²) in [5.41, 5.74) is 0.288. The summed E-state index contributed by atoms with van der Waals surface area (Å²) in [5.74, 6) is -0.914. The summed E-state index contributed by atoms with van der Waals surface area (Å²) in [6.07, 6.45) is 0. The van der Waals surface area contributed by atoms with Crippen LogP contribution in [0, 0.1) is 5.82 Å². The number of hydrogen-bond acceptors (Lipinski definition) is 7. The average molecular weight is 466 g/mol. The number of aromatic nitrogens is 1. The van der Waals surface area contributed by atoms with E-state index in [1.54, 1.807) is 12.1 Å². The fourth-order valence-corrected chi connectivity index (χ4v) is 5.48. The first kappa shape index (κ1) is 21.6. The third-order valence-electron chi connectivity index (χ3n) is 4.68. The van der Waals surface area contributed by atoms with Crippen molar-refractivity contribution in [3.63, 3.8) is 0 Å². The Balaban J connectivity index is 1.58. The van der Waals surface area contributed by atoms with Crippen LogP contribution >= 0.6 is 11.3 Å². The molecule has 0 spiro atoms. The number of halogens is 1. The van der Waals surface area contributed by atoms with Gasteiger partial charge in [0, 0.05) is 13.1 Å². The van der Waals surface area contributed by atoms with E-state index in [1.165, 1.54) is 15.6 Å². The number of sulfonamides is 1. The van der Waals surface area contributed by atoms with E-state index in [0.717, 1.165) is 22.9 Å². The average Bonchev–Trinajstić information content (AvgIpc) is 3.16. The number of amides is 1. The van der Waals surface area contributed by atoms with Crippen LogP contribution in [0.2, 0.25) is 0 Å². The van der Waals surface area contributed by atoms with Crippen molar-refractivity contribution in [3.05, 3.63) is 47.8 Å². The molecule has 1 aliphatic rings. The molecule has 1 saturated heterocycles. The Morgan fingerprint density at radius 1 is 1.26 bits per heavy atom. The lowest BCUT2D eigenvalue weighted by molar-refractivity contribution is 0.0730. The van der Waals surface area contributed by atoms with Crippen molar-refractivity contribution in [1.29, 1.82) is 0 Å². The predicted molar refractivity (Wildman–Crippen MR) is 115 cm³/mol. The number of carbonyl (C=O) groups excluding carboxylic acids is 1. The molecule has 1 fully saturated rings. The molecule has 2 heterocycles. The molecule has 1 aliphatic heterocycles. The Labute approximate surface area is 182 Å². The van der Waals surface area contributed by atoms with Gasteiger partial charge in [0.2, 0.25) is 10.0 Å². The van der Waals surface area contributed by atoms with Gasteiger partial charge in [0.1, 0.15) is 11.6 Å². The molecule has 0 bridgehead atoms. The highest BCUT2D eigenvalue weighted by atomic mass is 32.2. The summed E-state index contributed by atoms with van der Waals surface area (Å²) in [6.45, 7) is 3.39. The molecule has 1 N–H and O–H groups in total. The molecule has 0 radical (unpaired) electrons. The Morgan fingerprint density at radius 3 is 2.77 bits per heavy atom. The van der Waals surface area contributed by atoms with Crippen LogP contribution in [0.15, 0.2) is 41.3 Å². The van der Waals surface area contributed by atoms with Gasteiger partial charge in [-0.3, -0.25) is 10.1 Å². The number of nitrogens with one attached hydrogen (secondary N) is 1. The molecule has 1 amide bonds. The molecule has 0 unspecified atom stereocenters. The van der Waals surface area contributed by atoms with E-state index in [2.05, 4.69) is 10.3 Å². The highest BCUT2D eigenvalue weighted by Crippen LogP contribution is 2.30. The molecule has 1 aromatic heterocycles. The van der Waals surface area contributed by atoms with Gasteiger partial charge >= 0.3 is 0 Å². The van der Waals surface area contributed by atoms with E-state index in [1.807, 2.05) is 13.0 Å². The maximum atomic E-state index is 14.4. The van der Waals surface area contributed by atoms with Gasteiger partial charge in [-0.25, -0.2) is 17.8 Å². The molecule has 4 rings (SSSR count). The summed E-state index contributed by atoms with van der Waals surface area (Å²) in [7, 11) is -3.86. The molecule has 0 aliphatic carbocycles. The minimum Gasteiger partial charge on any atom is -0.494 e. The molecule has 0 saturated carbocycles. The summed E-state index contributed by atoms with van der Waals surface area (Å²) in [5, 5.41) is 2.83. The first-order valence-corrected chi connectivity index (χ1v) is 11.9. The third-order valence-corrected chi connectivity index (χ3v) is 7.51. The molecule has 11 heteroatoms. The molecule has 0 atom stereocenters. The van der Waals surface area contributed by atoms with Crippen LogP contribution in [-0.2, 0) is 14.8 Å². The van der Waals surface area contributed by atoms with Crippen molar-refractivity contribution < 1.29 is 27.1 Å². The largest absolute Gasteiger partial charge is 0.494 e. The number of hydrogen-bond donors (Lipinski definition) is 1. The molecule has 164 valence electrons. The summed E-state index contributed by atoms with van der Waals surface area (Å²) < 4.78 is 52.7. The third kappa shape index (κ3) is 4.54. The summed E-state index contributed by atoms with van der Waals surface area (Å²) in [4.78, 5) is 16.9. The van der Waals surface area contributed by atoms with Gasteiger partial charge in [0.25, 0.3) is 5.91 Å². The van der Waals surface area contributed by atoms with Gasteiger partial charge in [0.15, 0.2) is 5.13 Å². The van der Waals surface area contributed by atoms with Gasteiger partial charge in [-0.05, 0) is 43.3 Å². The van der Waals surface area contributed by atoms with E-state index in [9.17, 15) is 17.6 Å². The number of anilines is 1. The van der Waals surface area contributed by atoms with Crippen LogP contribution in [0.1, 0.15) is 17.3 Å². The van der Waals surface area contributed by atoms with E-state index in [0.29, 0.717) is 17.9 Å². The molecular weight excluding hydrogens is 445 g/mol. The fourth-order valence-electron chi connectivity index (χ4n) is 3.15. The van der Waals surface area contributed by atoms with E-state index < -0.39 is 21.7 Å². The van der Waals surface area contributed by atoms with Gasteiger partial charge in [0.05, 0.1) is 40.5 Å². The maximum absolute atomic E-state index is 14.4. The van der Waals surface area contributed by atoms with Gasteiger partial charge in [-0.1, -0.05) is 11.3 Å². The van der Waals surface area contributed by atoms with Crippen molar-refractivity contribution in [1.82, 2.24) is 9.29 Å². The van der Waals surface area contributed by atoms with Gasteiger partial charge in [-0.2, -0.15) is 4.31 Å². The normalized spacial score (nSPS) is 15.2. The lowest BCUT2D eigenvalue weighted by Gasteiger charge is -2.26. The molecule has 8 nitrogen and oxygen atoms in total. The molecule has 2 aromatic carbocycles. The number of thiazole rings is 1. The molecule has 31 heavy (non-hydrogen) atoms. The highest BCUT2D eigenvalue weighted by molar-refractivity contribution is 7.89. The molecule has 3 aromatic rings. The van der Waals surface area contributed by atoms with E-state index in [-0.39, 0.29) is 41.9 Å². The summed E-state index contributed by atoms with van der Waals surface area (Å²) in [6, 6.07) is 8.54. The Bertz CT molecular complexity index is 1220. The number of carbonyl (C=O) groups is 1. The van der Waals surface area contributed by atoms with E-state index >= 15 is 0 Å². The molecular formula is C20H20FN3O5S2. The van der Waals surface area contributed by atoms with Crippen molar-refractivity contribution in [2.75, 3.05) is 38.2 Å². The number of morpholine rings is 1. The SMILES string of the molecule is CCOc1ccc2nc(NC(=O)c3cc(S(=O)(=O)N4CCOCC4)ccc3F)sc2c1. The van der Waals surface area contributed by atoms with Crippen molar-refractivity contribution in [3.8, 4) is 5.75 Å². The topological polar surface area (TPSA) is 97.8 Å². The first-order valence-electron chi connectivity index (χ1n) is 9.60. The van der Waals surface area contributed by atoms with Crippen molar-refractivity contribution >= 4 is 42.6 Å². The minimum absolute atomic E-state index is 0.147. The quantitative estimate of drug-likeness (QED) is 0.601. The standard InChI is InChI=1S/C20H20FN3O5S2/c1-2-29-13-3-6-17-18(11-13)30-20(22-17)23-19(25)15-12-14(4-5-16(15)21)31(26,27)24-7-9-28-10-8-24/h3-6,11-12H,2,7-10H2,1H3,(H,22,23,25). The van der Waals surface area contributed by atoms with Crippen LogP contribution in [0.5, 0.6) is 5.75 Å². The number of benzene rings is 2. The zero-order valence-corrected chi connectivity index (χ0v) is 18.3. The van der Waals surface area contributed by atoms with Crippen LogP contribution < -0.4 is 10.1 Å². The number of rotatable bonds is 6. The number of nitrogens with zero attached hydrogens (tertiary/aromatic N) is 2. The van der Waals surface area contributed by atoms with Crippen LogP contribution in [0.4, 0.5) is 9.52 Å². The second-order valence-corrected chi connectivity index (χ2v) is 9.66. The Hall–Kier alpha value is -2.60. The van der Waals surface area contributed by atoms with Crippen molar-refractivity contribution in [2.45, 2.75) is 11.8 Å². The second kappa shape index (κ2) is 8.87. The maximum Gasteiger partial charge on any atom is 0.260 e. The van der Waals surface area contributed by atoms with Gasteiger partial charge < -0.3 is 9.47 Å². The van der Waals surface area contributed by atoms with Gasteiger partial charge in [-0.15, -0.1) is 0 Å². The monoisotopic (exact) mass is 465 g/mol. The van der Waals surface area contributed by atoms with Crippen molar-refractivity contribution in [2.24, 2.45) is 0 Å². The first-order chi connectivity index (χ1) is 14.9. The highest BCUT2D eigenvalue weighted by Gasteiger charge is 2.28. The zero-order valence-electron chi connectivity index (χ0n) is 16.6. The Kier molecular flexibility index (Phi) is 6.19. The fraction of sp³-hybridized carbons (Fsp3) is 0.300. The number of ether oxygens (including phenoxy) is 2. The minimum atomic E-state index is -3.86. The van der Waals surface area contributed by atoms with Crippen LogP contribution in [0.3, 0.4) is 0 Å². The predicted octanol–water partition coefficient (Wildman–Crippen LogP) is 3.11. The zero-order chi connectivity index (χ0) is 22.0. The lowest BCUT2D eigenvalue weighted by atomic mass is 10.2. The second-order valence-electron chi connectivity index (χ2n) is 6.69. The van der Waals surface area contributed by atoms with Crippen LogP contribution in [0.25, 0.3) is 10.2 Å². The number of fused-ring (bicyclic) bond motifs is 1. The summed E-state index contributed by atoms with van der Waals surface area (Å²) >= 11 is 1.21. The smallest absolute Gasteiger partial charge is 0.260 e. The van der Waals surface area contributed by atoms with E-state index in [4.69, 9.17) is 9.47 Å².